The monoisotopic (exact) mass is 392 g/mol. The van der Waals surface area contributed by atoms with Gasteiger partial charge in [-0.3, -0.25) is 9.59 Å². The molecule has 4 aliphatic rings. The van der Waals surface area contributed by atoms with E-state index in [-0.39, 0.29) is 23.2 Å². The van der Waals surface area contributed by atoms with E-state index in [9.17, 15) is 9.59 Å². The van der Waals surface area contributed by atoms with Gasteiger partial charge in [0.1, 0.15) is 11.5 Å². The summed E-state index contributed by atoms with van der Waals surface area (Å²) in [4.78, 5) is 25.4. The summed E-state index contributed by atoms with van der Waals surface area (Å²) >= 11 is 6.79. The van der Waals surface area contributed by atoms with Gasteiger partial charge in [-0.05, 0) is 68.6 Å². The van der Waals surface area contributed by atoms with Crippen molar-refractivity contribution in [3.63, 3.8) is 0 Å². The van der Waals surface area contributed by atoms with Crippen molar-refractivity contribution in [2.75, 3.05) is 20.8 Å². The number of ketones is 1. The van der Waals surface area contributed by atoms with Crippen molar-refractivity contribution in [3.05, 3.63) is 23.8 Å². The summed E-state index contributed by atoms with van der Waals surface area (Å²) in [5.74, 6) is 1.43. The number of alkyl halides is 1. The molecule has 146 valence electrons. The lowest BCUT2D eigenvalue weighted by molar-refractivity contribution is -0.168. The summed E-state index contributed by atoms with van der Waals surface area (Å²) in [5.41, 5.74) is -0.158. The number of hydrogen-bond acceptors (Lipinski definition) is 5. The van der Waals surface area contributed by atoms with Gasteiger partial charge in [-0.2, -0.15) is 0 Å². The van der Waals surface area contributed by atoms with Crippen molar-refractivity contribution in [3.8, 4) is 11.5 Å². The number of methoxy groups -OCH3 is 2. The molecule has 2 atom stereocenters. The fraction of sp³-hybridized carbons (Fsp3) is 0.619. The Morgan fingerprint density at radius 1 is 1.11 bits per heavy atom. The van der Waals surface area contributed by atoms with Crippen LogP contribution in [0.25, 0.3) is 0 Å². The number of benzene rings is 1. The van der Waals surface area contributed by atoms with Gasteiger partial charge in [0.05, 0.1) is 25.2 Å². The van der Waals surface area contributed by atoms with E-state index in [0.29, 0.717) is 35.3 Å². The number of esters is 1. The molecule has 0 heterocycles. The highest BCUT2D eigenvalue weighted by Gasteiger charge is 2.60. The smallest absolute Gasteiger partial charge is 0.312 e. The molecule has 5 rings (SSSR count). The first-order chi connectivity index (χ1) is 12.9. The highest BCUT2D eigenvalue weighted by atomic mass is 35.5. The molecule has 0 saturated heterocycles. The Morgan fingerprint density at radius 2 is 1.81 bits per heavy atom. The third-order valence-corrected chi connectivity index (χ3v) is 6.91. The van der Waals surface area contributed by atoms with Gasteiger partial charge in [0.25, 0.3) is 0 Å². The lowest BCUT2D eigenvalue weighted by atomic mass is 9.49. The molecule has 4 aliphatic carbocycles. The van der Waals surface area contributed by atoms with Crippen LogP contribution >= 0.6 is 11.6 Å². The SMILES string of the molecule is COc1ccc(OC)c(C(=O)COC(=O)C23CC4CC(CC(Cl)(C4)C2)C3)c1. The number of hydrogen-bond donors (Lipinski definition) is 0. The van der Waals surface area contributed by atoms with Gasteiger partial charge in [-0.25, -0.2) is 0 Å². The van der Waals surface area contributed by atoms with Crippen LogP contribution in [0, 0.1) is 17.3 Å². The molecule has 0 aliphatic heterocycles. The lowest BCUT2D eigenvalue weighted by Crippen LogP contribution is -2.56. The van der Waals surface area contributed by atoms with E-state index >= 15 is 0 Å². The van der Waals surface area contributed by atoms with Crippen molar-refractivity contribution >= 4 is 23.4 Å². The van der Waals surface area contributed by atoms with Gasteiger partial charge in [0.15, 0.2) is 6.61 Å². The van der Waals surface area contributed by atoms with E-state index in [0.717, 1.165) is 25.7 Å². The highest BCUT2D eigenvalue weighted by molar-refractivity contribution is 6.24. The van der Waals surface area contributed by atoms with Crippen LogP contribution in [0.2, 0.25) is 0 Å². The molecule has 4 fully saturated rings. The number of ether oxygens (including phenoxy) is 3. The Balaban J connectivity index is 1.46. The van der Waals surface area contributed by atoms with Crippen LogP contribution in [0.5, 0.6) is 11.5 Å². The van der Waals surface area contributed by atoms with Gasteiger partial charge in [0.2, 0.25) is 5.78 Å². The molecule has 0 spiro atoms. The Morgan fingerprint density at radius 3 is 2.41 bits per heavy atom. The molecular formula is C21H25ClO5. The maximum absolute atomic E-state index is 13.0. The maximum Gasteiger partial charge on any atom is 0.312 e. The second-order valence-electron chi connectivity index (χ2n) is 8.46. The van der Waals surface area contributed by atoms with Gasteiger partial charge >= 0.3 is 5.97 Å². The average molecular weight is 393 g/mol. The van der Waals surface area contributed by atoms with Gasteiger partial charge in [0, 0.05) is 4.87 Å². The zero-order chi connectivity index (χ0) is 19.2. The molecule has 1 aromatic carbocycles. The standard InChI is InChI=1S/C21H25ClO5/c1-25-15-3-4-18(26-2)16(6-15)17(23)11-27-19(24)20-7-13-5-14(8-20)10-21(22,9-13)12-20/h3-4,6,13-14H,5,7-12H2,1-2H3. The third-order valence-electron chi connectivity index (χ3n) is 6.46. The van der Waals surface area contributed by atoms with Crippen LogP contribution < -0.4 is 9.47 Å². The fourth-order valence-corrected chi connectivity index (χ4v) is 6.48. The molecule has 27 heavy (non-hydrogen) atoms. The molecule has 1 aromatic rings. The van der Waals surface area contributed by atoms with E-state index in [4.69, 9.17) is 25.8 Å². The van der Waals surface area contributed by atoms with Crippen LogP contribution in [0.1, 0.15) is 48.9 Å². The molecule has 6 heteroatoms. The number of rotatable bonds is 6. The molecular weight excluding hydrogens is 368 g/mol. The van der Waals surface area contributed by atoms with Crippen molar-refractivity contribution in [2.45, 2.75) is 43.4 Å². The predicted octanol–water partition coefficient (Wildman–Crippen LogP) is 4.01. The first kappa shape index (κ1) is 18.6. The van der Waals surface area contributed by atoms with E-state index in [1.165, 1.54) is 20.6 Å². The number of carbonyl (C=O) groups excluding carboxylic acids is 2. The summed E-state index contributed by atoms with van der Waals surface area (Å²) in [6, 6.07) is 4.99. The van der Waals surface area contributed by atoms with Gasteiger partial charge in [-0.15, -0.1) is 11.6 Å². The molecule has 0 amide bonds. The van der Waals surface area contributed by atoms with Crippen LogP contribution in [0.3, 0.4) is 0 Å². The van der Waals surface area contributed by atoms with E-state index in [1.807, 2.05) is 0 Å². The summed E-state index contributed by atoms with van der Waals surface area (Å²) in [6.07, 6.45) is 5.52. The molecule has 2 unspecified atom stereocenters. The third kappa shape index (κ3) is 3.31. The van der Waals surface area contributed by atoms with Crippen molar-refractivity contribution < 1.29 is 23.8 Å². The molecule has 0 aromatic heterocycles. The Kier molecular flexibility index (Phi) is 4.61. The second-order valence-corrected chi connectivity index (χ2v) is 9.26. The predicted molar refractivity (Wildman–Crippen MR) is 101 cm³/mol. The van der Waals surface area contributed by atoms with Crippen molar-refractivity contribution in [1.29, 1.82) is 0 Å². The average Bonchev–Trinajstić information content (AvgIpc) is 2.63. The molecule has 4 bridgehead atoms. The number of halogens is 1. The van der Waals surface area contributed by atoms with Gasteiger partial charge < -0.3 is 14.2 Å². The Bertz CT molecular complexity index is 760. The molecule has 5 nitrogen and oxygen atoms in total. The summed E-state index contributed by atoms with van der Waals surface area (Å²) in [6.45, 7) is -0.297. The van der Waals surface area contributed by atoms with E-state index in [2.05, 4.69) is 0 Å². The van der Waals surface area contributed by atoms with Crippen LogP contribution in [0.15, 0.2) is 18.2 Å². The summed E-state index contributed by atoms with van der Waals surface area (Å²) in [7, 11) is 3.03. The van der Waals surface area contributed by atoms with Crippen LogP contribution in [-0.4, -0.2) is 37.5 Å². The maximum atomic E-state index is 13.0. The molecule has 4 saturated carbocycles. The van der Waals surface area contributed by atoms with E-state index in [1.54, 1.807) is 18.2 Å². The minimum Gasteiger partial charge on any atom is -0.497 e. The van der Waals surface area contributed by atoms with Crippen molar-refractivity contribution in [1.82, 2.24) is 0 Å². The lowest BCUT2D eigenvalue weighted by Gasteiger charge is -2.58. The van der Waals surface area contributed by atoms with E-state index < -0.39 is 5.41 Å². The Hall–Kier alpha value is -1.75. The highest BCUT2D eigenvalue weighted by Crippen LogP contribution is 2.64. The summed E-state index contributed by atoms with van der Waals surface area (Å²) < 4.78 is 15.9. The van der Waals surface area contributed by atoms with Gasteiger partial charge in [-0.1, -0.05) is 0 Å². The zero-order valence-corrected chi connectivity index (χ0v) is 16.5. The van der Waals surface area contributed by atoms with Crippen LogP contribution in [-0.2, 0) is 9.53 Å². The molecule has 0 radical (unpaired) electrons. The van der Waals surface area contributed by atoms with Crippen LogP contribution in [0.4, 0.5) is 0 Å². The zero-order valence-electron chi connectivity index (χ0n) is 15.8. The minimum absolute atomic E-state index is 0.261. The first-order valence-corrected chi connectivity index (χ1v) is 9.86. The second kappa shape index (κ2) is 6.69. The number of Topliss-reactive ketones (excluding diaryl/α,β-unsaturated/α-hetero) is 1. The Labute approximate surface area is 164 Å². The largest absolute Gasteiger partial charge is 0.497 e. The first-order valence-electron chi connectivity index (χ1n) is 9.48. The minimum atomic E-state index is -0.509. The normalized spacial score (nSPS) is 33.6. The summed E-state index contributed by atoms with van der Waals surface area (Å²) in [5, 5.41) is 0. The fourth-order valence-electron chi connectivity index (χ4n) is 5.78. The topological polar surface area (TPSA) is 61.8 Å². The number of carbonyl (C=O) groups is 2. The van der Waals surface area contributed by atoms with Crippen molar-refractivity contribution in [2.24, 2.45) is 17.3 Å². The quantitative estimate of drug-likeness (QED) is 0.416. The molecule has 0 N–H and O–H groups in total.